The Balaban J connectivity index is 1.47. The third kappa shape index (κ3) is 4.70. The van der Waals surface area contributed by atoms with Gasteiger partial charge in [-0.2, -0.15) is 0 Å². The van der Waals surface area contributed by atoms with Gasteiger partial charge in [-0.3, -0.25) is 19.0 Å². The summed E-state index contributed by atoms with van der Waals surface area (Å²) in [7, 11) is 0. The van der Waals surface area contributed by atoms with E-state index in [1.807, 2.05) is 25.1 Å². The summed E-state index contributed by atoms with van der Waals surface area (Å²) in [5, 5.41) is 6.49. The lowest BCUT2D eigenvalue weighted by molar-refractivity contribution is -0.119. The fourth-order valence-corrected chi connectivity index (χ4v) is 4.93. The first-order valence-electron chi connectivity index (χ1n) is 9.45. The number of para-hydroxylation sites is 1. The molecule has 4 rings (SSSR count). The molecule has 0 aliphatic rings. The highest BCUT2D eigenvalue weighted by Gasteiger charge is 2.15. The van der Waals surface area contributed by atoms with Crippen molar-refractivity contribution >= 4 is 50.5 Å². The number of nitrogens with zero attached hydrogens (tertiary/aromatic N) is 3. The Morgan fingerprint density at radius 3 is 2.74 bits per heavy atom. The molecule has 3 aromatic heterocycles. The predicted molar refractivity (Wildman–Crippen MR) is 122 cm³/mol. The van der Waals surface area contributed by atoms with Crippen LogP contribution in [0.25, 0.3) is 21.5 Å². The average molecular weight is 454 g/mol. The van der Waals surface area contributed by atoms with E-state index in [0.29, 0.717) is 22.6 Å². The fourth-order valence-electron chi connectivity index (χ4n) is 3.02. The number of amides is 2. The van der Waals surface area contributed by atoms with Gasteiger partial charge in [0, 0.05) is 16.7 Å². The van der Waals surface area contributed by atoms with Crippen LogP contribution in [0.3, 0.4) is 0 Å². The third-order valence-corrected chi connectivity index (χ3v) is 6.47. The second-order valence-corrected chi connectivity index (χ2v) is 9.21. The first-order valence-corrected chi connectivity index (χ1v) is 11.1. The maximum Gasteiger partial charge on any atom is 0.261 e. The summed E-state index contributed by atoms with van der Waals surface area (Å²) < 4.78 is 1.28. The normalized spacial score (nSPS) is 10.9. The van der Waals surface area contributed by atoms with Gasteiger partial charge in [0.25, 0.3) is 5.56 Å². The largest absolute Gasteiger partial charge is 0.351 e. The van der Waals surface area contributed by atoms with Crippen LogP contribution in [0.5, 0.6) is 0 Å². The maximum absolute atomic E-state index is 12.6. The molecule has 8 nitrogen and oxygen atoms in total. The second kappa shape index (κ2) is 8.78. The maximum atomic E-state index is 12.6. The monoisotopic (exact) mass is 453 g/mol. The molecule has 10 heteroatoms. The van der Waals surface area contributed by atoms with E-state index in [0.717, 1.165) is 20.3 Å². The Kier molecular flexibility index (Phi) is 5.92. The van der Waals surface area contributed by atoms with Crippen molar-refractivity contribution in [1.82, 2.24) is 19.9 Å². The summed E-state index contributed by atoms with van der Waals surface area (Å²) in [6.07, 6.45) is 1.38. The molecule has 158 valence electrons. The first kappa shape index (κ1) is 20.9. The van der Waals surface area contributed by atoms with Crippen molar-refractivity contribution in [2.24, 2.45) is 0 Å². The molecule has 0 aliphatic carbocycles. The molecular weight excluding hydrogens is 434 g/mol. The highest BCUT2D eigenvalue weighted by molar-refractivity contribution is 7.18. The number of rotatable bonds is 6. The molecule has 31 heavy (non-hydrogen) atoms. The Morgan fingerprint density at radius 2 is 1.94 bits per heavy atom. The molecule has 1 aromatic carbocycles. The highest BCUT2D eigenvalue weighted by Crippen LogP contribution is 2.34. The van der Waals surface area contributed by atoms with Crippen molar-refractivity contribution in [2.75, 3.05) is 5.32 Å². The number of benzene rings is 1. The minimum Gasteiger partial charge on any atom is -0.351 e. The van der Waals surface area contributed by atoms with E-state index in [9.17, 15) is 14.4 Å². The topological polar surface area (TPSA) is 106 Å². The molecule has 0 spiro atoms. The van der Waals surface area contributed by atoms with Gasteiger partial charge in [-0.05, 0) is 31.2 Å². The van der Waals surface area contributed by atoms with E-state index in [2.05, 4.69) is 20.6 Å². The Bertz CT molecular complexity index is 1340. The summed E-state index contributed by atoms with van der Waals surface area (Å²) in [6, 6.07) is 10.9. The van der Waals surface area contributed by atoms with Crippen LogP contribution in [0.15, 0.2) is 47.5 Å². The lowest BCUT2D eigenvalue weighted by Crippen LogP contribution is -2.27. The number of carbonyl (C=O) groups is 2. The standard InChI is InChI=1S/C21H19N5O3S2/c1-12-19(17-8-7-14(31-17)9-22-13(2)27)25-21(30-12)24-18(28)10-26-11-23-16-6-4-3-5-15(16)20(26)29/h3-8,11H,9-10H2,1-2H3,(H,22,27)(H,24,25,28). The van der Waals surface area contributed by atoms with E-state index in [1.54, 1.807) is 29.5 Å². The van der Waals surface area contributed by atoms with Crippen LogP contribution in [0.2, 0.25) is 0 Å². The summed E-state index contributed by atoms with van der Waals surface area (Å²) in [5.74, 6) is -0.428. The molecule has 2 amide bonds. The first-order chi connectivity index (χ1) is 14.9. The minimum absolute atomic E-state index is 0.0782. The lowest BCUT2D eigenvalue weighted by atomic mass is 10.2. The van der Waals surface area contributed by atoms with E-state index < -0.39 is 0 Å². The lowest BCUT2D eigenvalue weighted by Gasteiger charge is -2.06. The van der Waals surface area contributed by atoms with Crippen LogP contribution in [-0.4, -0.2) is 26.3 Å². The zero-order valence-electron chi connectivity index (χ0n) is 16.8. The second-order valence-electron chi connectivity index (χ2n) is 6.84. The SMILES string of the molecule is CC(=O)NCc1ccc(-c2nc(NC(=O)Cn3cnc4ccccc4c3=O)sc2C)s1. The number of aryl methyl sites for hydroxylation is 1. The van der Waals surface area contributed by atoms with Gasteiger partial charge in [-0.15, -0.1) is 22.7 Å². The van der Waals surface area contributed by atoms with Crippen molar-refractivity contribution in [1.29, 1.82) is 0 Å². The van der Waals surface area contributed by atoms with E-state index in [4.69, 9.17) is 0 Å². The van der Waals surface area contributed by atoms with Gasteiger partial charge in [0.1, 0.15) is 6.54 Å². The number of nitrogens with one attached hydrogen (secondary N) is 2. The number of fused-ring (bicyclic) bond motifs is 1. The van der Waals surface area contributed by atoms with Crippen LogP contribution in [-0.2, 0) is 22.7 Å². The van der Waals surface area contributed by atoms with E-state index in [-0.39, 0.29) is 23.9 Å². The van der Waals surface area contributed by atoms with E-state index in [1.165, 1.54) is 29.2 Å². The number of carbonyl (C=O) groups excluding carboxylic acids is 2. The molecule has 0 atom stereocenters. The van der Waals surface area contributed by atoms with Crippen molar-refractivity contribution < 1.29 is 9.59 Å². The molecule has 0 saturated heterocycles. The highest BCUT2D eigenvalue weighted by atomic mass is 32.1. The molecule has 2 N–H and O–H groups in total. The number of aromatic nitrogens is 3. The summed E-state index contributed by atoms with van der Waals surface area (Å²) >= 11 is 2.92. The van der Waals surface area contributed by atoms with Gasteiger partial charge in [-0.1, -0.05) is 12.1 Å². The van der Waals surface area contributed by atoms with Gasteiger partial charge in [0.15, 0.2) is 5.13 Å². The smallest absolute Gasteiger partial charge is 0.261 e. The van der Waals surface area contributed by atoms with Crippen molar-refractivity contribution in [3.63, 3.8) is 0 Å². The van der Waals surface area contributed by atoms with Crippen molar-refractivity contribution in [2.45, 2.75) is 26.9 Å². The van der Waals surface area contributed by atoms with Crippen LogP contribution < -0.4 is 16.2 Å². The molecule has 0 radical (unpaired) electrons. The Hall–Kier alpha value is -3.37. The molecule has 3 heterocycles. The van der Waals surface area contributed by atoms with Crippen LogP contribution >= 0.6 is 22.7 Å². The van der Waals surface area contributed by atoms with Crippen LogP contribution in [0.1, 0.15) is 16.7 Å². The third-order valence-electron chi connectivity index (χ3n) is 4.50. The summed E-state index contributed by atoms with van der Waals surface area (Å²) in [6.45, 7) is 3.75. The number of thiophene rings is 1. The summed E-state index contributed by atoms with van der Waals surface area (Å²) in [4.78, 5) is 47.9. The molecule has 0 aliphatic heterocycles. The molecule has 0 unspecified atom stereocenters. The molecule has 0 bridgehead atoms. The van der Waals surface area contributed by atoms with Gasteiger partial charge in [0.2, 0.25) is 11.8 Å². The zero-order chi connectivity index (χ0) is 22.0. The number of hydrogen-bond acceptors (Lipinski definition) is 7. The van der Waals surface area contributed by atoms with E-state index >= 15 is 0 Å². The van der Waals surface area contributed by atoms with Gasteiger partial charge in [0.05, 0.1) is 34.3 Å². The molecule has 4 aromatic rings. The quantitative estimate of drug-likeness (QED) is 0.466. The fraction of sp³-hybridized carbons (Fsp3) is 0.190. The van der Waals surface area contributed by atoms with Gasteiger partial charge in [-0.25, -0.2) is 9.97 Å². The van der Waals surface area contributed by atoms with Gasteiger partial charge < -0.3 is 10.6 Å². The predicted octanol–water partition coefficient (Wildman–Crippen LogP) is 3.16. The minimum atomic E-state index is -0.350. The van der Waals surface area contributed by atoms with Gasteiger partial charge >= 0.3 is 0 Å². The van der Waals surface area contributed by atoms with Crippen molar-refractivity contribution in [3.05, 3.63) is 62.8 Å². The van der Waals surface area contributed by atoms with Crippen molar-refractivity contribution in [3.8, 4) is 10.6 Å². The molecule has 0 fully saturated rings. The number of anilines is 1. The van der Waals surface area contributed by atoms with Crippen LogP contribution in [0, 0.1) is 6.92 Å². The Labute approximate surface area is 185 Å². The zero-order valence-corrected chi connectivity index (χ0v) is 18.5. The number of hydrogen-bond donors (Lipinski definition) is 2. The Morgan fingerprint density at radius 1 is 1.13 bits per heavy atom. The molecular formula is C21H19N5O3S2. The number of thiazole rings is 1. The average Bonchev–Trinajstić information content (AvgIpc) is 3.35. The summed E-state index contributed by atoms with van der Waals surface area (Å²) in [5.41, 5.74) is 1.13. The van der Waals surface area contributed by atoms with Crippen LogP contribution in [0.4, 0.5) is 5.13 Å². The molecule has 0 saturated carbocycles.